The van der Waals surface area contributed by atoms with E-state index in [1.807, 2.05) is 31.2 Å². The summed E-state index contributed by atoms with van der Waals surface area (Å²) in [5.74, 6) is -1.17. The summed E-state index contributed by atoms with van der Waals surface area (Å²) in [5.41, 5.74) is 2.40. The predicted molar refractivity (Wildman–Crippen MR) is 81.8 cm³/mol. The summed E-state index contributed by atoms with van der Waals surface area (Å²) in [7, 11) is 1.30. The largest absolute Gasteiger partial charge is 0.476 e. The Morgan fingerprint density at radius 2 is 2.14 bits per heavy atom. The molecule has 6 nitrogen and oxygen atoms in total. The van der Waals surface area contributed by atoms with Crippen LogP contribution in [0.25, 0.3) is 0 Å². The van der Waals surface area contributed by atoms with Gasteiger partial charge in [0.05, 0.1) is 0 Å². The highest BCUT2D eigenvalue weighted by molar-refractivity contribution is 7.14. The van der Waals surface area contributed by atoms with Crippen molar-refractivity contribution in [3.63, 3.8) is 0 Å². The van der Waals surface area contributed by atoms with Gasteiger partial charge < -0.3 is 15.3 Å². The third-order valence-electron chi connectivity index (χ3n) is 2.70. The van der Waals surface area contributed by atoms with Crippen LogP contribution in [0.4, 0.5) is 5.13 Å². The molecule has 2 aromatic rings. The van der Waals surface area contributed by atoms with Crippen molar-refractivity contribution in [3.8, 4) is 0 Å². The molecule has 110 valence electrons. The molecule has 21 heavy (non-hydrogen) atoms. The Balaban J connectivity index is 2.04. The van der Waals surface area contributed by atoms with Crippen molar-refractivity contribution < 1.29 is 14.7 Å². The minimum Gasteiger partial charge on any atom is -0.476 e. The lowest BCUT2D eigenvalue weighted by atomic mass is 10.1. The molecule has 1 aromatic heterocycles. The Morgan fingerprint density at radius 1 is 1.43 bits per heavy atom. The normalized spacial score (nSPS) is 11.2. The minimum atomic E-state index is -1.17. The predicted octanol–water partition coefficient (Wildman–Crippen LogP) is 2.50. The van der Waals surface area contributed by atoms with Crippen LogP contribution in [0.15, 0.2) is 34.8 Å². The molecule has 1 aromatic carbocycles. The zero-order chi connectivity index (χ0) is 15.2. The van der Waals surface area contributed by atoms with Crippen molar-refractivity contribution in [1.29, 1.82) is 0 Å². The summed E-state index contributed by atoms with van der Waals surface area (Å²) in [6, 6.07) is 8.15. The van der Waals surface area contributed by atoms with Crippen molar-refractivity contribution in [2.45, 2.75) is 13.5 Å². The van der Waals surface area contributed by atoms with Gasteiger partial charge in [0, 0.05) is 11.9 Å². The van der Waals surface area contributed by atoms with Gasteiger partial charge in [-0.1, -0.05) is 35.0 Å². The fraction of sp³-hybridized carbons (Fsp3) is 0.214. The lowest BCUT2D eigenvalue weighted by molar-refractivity contribution is -0.129. The smallest absolute Gasteiger partial charge is 0.360 e. The van der Waals surface area contributed by atoms with E-state index >= 15 is 0 Å². The van der Waals surface area contributed by atoms with E-state index in [9.17, 15) is 4.79 Å². The minimum absolute atomic E-state index is 0.211. The van der Waals surface area contributed by atoms with Crippen LogP contribution < -0.4 is 5.32 Å². The molecule has 0 radical (unpaired) electrons. The van der Waals surface area contributed by atoms with Gasteiger partial charge in [0.25, 0.3) is 0 Å². The Bertz CT molecular complexity index is 650. The highest BCUT2D eigenvalue weighted by Crippen LogP contribution is 2.17. The molecular weight excluding hydrogens is 290 g/mol. The number of aromatic nitrogens is 1. The first-order chi connectivity index (χ1) is 10.1. The zero-order valence-electron chi connectivity index (χ0n) is 11.7. The molecule has 1 heterocycles. The van der Waals surface area contributed by atoms with Gasteiger partial charge in [-0.25, -0.2) is 9.78 Å². The lowest BCUT2D eigenvalue weighted by Crippen LogP contribution is -2.15. The quantitative estimate of drug-likeness (QED) is 0.633. The maximum absolute atomic E-state index is 11.0. The molecule has 0 atom stereocenters. The van der Waals surface area contributed by atoms with Crippen molar-refractivity contribution in [2.24, 2.45) is 5.16 Å². The standard InChI is InChI=1S/C14H15N3O3S/c1-9-3-5-10(6-4-9)7-15-14-16-11(8-21-14)12(13(18)19)17-20-2/h3-6,8H,7H2,1-2H3,(H,15,16)(H,18,19). The first kappa shape index (κ1) is 15.0. The molecule has 0 amide bonds. The van der Waals surface area contributed by atoms with Gasteiger partial charge in [0.2, 0.25) is 5.71 Å². The van der Waals surface area contributed by atoms with Crippen molar-refractivity contribution in [3.05, 3.63) is 46.5 Å². The molecule has 0 spiro atoms. The number of hydrogen-bond acceptors (Lipinski definition) is 6. The second-order valence-corrected chi connectivity index (χ2v) is 5.16. The van der Waals surface area contributed by atoms with Crippen LogP contribution in [0.3, 0.4) is 0 Å². The van der Waals surface area contributed by atoms with E-state index in [0.29, 0.717) is 11.7 Å². The number of carboxylic acid groups (broad SMARTS) is 1. The Hall–Kier alpha value is -2.41. The number of aryl methyl sites for hydroxylation is 1. The molecule has 0 saturated carbocycles. The molecule has 0 bridgehead atoms. The highest BCUT2D eigenvalue weighted by atomic mass is 32.1. The molecule has 7 heteroatoms. The number of nitrogens with zero attached hydrogens (tertiary/aromatic N) is 2. The molecule has 0 aliphatic rings. The first-order valence-electron chi connectivity index (χ1n) is 6.20. The van der Waals surface area contributed by atoms with Gasteiger partial charge in [-0.05, 0) is 12.5 Å². The summed E-state index contributed by atoms with van der Waals surface area (Å²) in [5, 5.41) is 17.9. The van der Waals surface area contributed by atoms with E-state index in [2.05, 4.69) is 20.3 Å². The molecule has 0 saturated heterocycles. The number of thiazole rings is 1. The number of anilines is 1. The maximum atomic E-state index is 11.0. The van der Waals surface area contributed by atoms with Crippen LogP contribution in [0.2, 0.25) is 0 Å². The number of aliphatic carboxylic acids is 1. The van der Waals surface area contributed by atoms with E-state index in [4.69, 9.17) is 5.11 Å². The third kappa shape index (κ3) is 4.03. The van der Waals surface area contributed by atoms with E-state index in [-0.39, 0.29) is 11.4 Å². The van der Waals surface area contributed by atoms with Gasteiger partial charge in [0.1, 0.15) is 12.8 Å². The van der Waals surface area contributed by atoms with Crippen LogP contribution in [0.5, 0.6) is 0 Å². The molecule has 0 aliphatic heterocycles. The molecule has 0 fully saturated rings. The number of hydrogen-bond donors (Lipinski definition) is 2. The lowest BCUT2D eigenvalue weighted by Gasteiger charge is -2.03. The van der Waals surface area contributed by atoms with E-state index < -0.39 is 5.97 Å². The van der Waals surface area contributed by atoms with Crippen LogP contribution >= 0.6 is 11.3 Å². The van der Waals surface area contributed by atoms with Crippen LogP contribution in [0, 0.1) is 6.92 Å². The zero-order valence-corrected chi connectivity index (χ0v) is 12.5. The number of carboxylic acids is 1. The van der Waals surface area contributed by atoms with Gasteiger partial charge in [0.15, 0.2) is 5.13 Å². The molecule has 0 unspecified atom stereocenters. The van der Waals surface area contributed by atoms with E-state index in [0.717, 1.165) is 5.56 Å². The van der Waals surface area contributed by atoms with Crippen LogP contribution in [-0.2, 0) is 16.2 Å². The summed E-state index contributed by atoms with van der Waals surface area (Å²) < 4.78 is 0. The SMILES string of the molecule is CON=C(C(=O)O)c1csc(NCc2ccc(C)cc2)n1. The second-order valence-electron chi connectivity index (χ2n) is 4.30. The fourth-order valence-electron chi connectivity index (χ4n) is 1.63. The van der Waals surface area contributed by atoms with E-state index in [1.54, 1.807) is 5.38 Å². The average molecular weight is 305 g/mol. The highest BCUT2D eigenvalue weighted by Gasteiger charge is 2.17. The van der Waals surface area contributed by atoms with Crippen molar-refractivity contribution in [2.75, 3.05) is 12.4 Å². The van der Waals surface area contributed by atoms with Crippen molar-refractivity contribution in [1.82, 2.24) is 4.98 Å². The van der Waals surface area contributed by atoms with Crippen molar-refractivity contribution >= 4 is 28.1 Å². The second kappa shape index (κ2) is 6.85. The number of rotatable bonds is 6. The summed E-state index contributed by atoms with van der Waals surface area (Å²) in [6.45, 7) is 2.66. The molecule has 2 N–H and O–H groups in total. The third-order valence-corrected chi connectivity index (χ3v) is 3.50. The maximum Gasteiger partial charge on any atom is 0.360 e. The molecule has 2 rings (SSSR count). The number of nitrogens with one attached hydrogen (secondary N) is 1. The monoisotopic (exact) mass is 305 g/mol. The summed E-state index contributed by atoms with van der Waals surface area (Å²) in [6.07, 6.45) is 0. The van der Waals surface area contributed by atoms with Gasteiger partial charge in [-0.15, -0.1) is 11.3 Å². The van der Waals surface area contributed by atoms with E-state index in [1.165, 1.54) is 24.0 Å². The summed E-state index contributed by atoms with van der Waals surface area (Å²) in [4.78, 5) is 19.8. The summed E-state index contributed by atoms with van der Waals surface area (Å²) >= 11 is 1.32. The molecule has 0 aliphatic carbocycles. The molecular formula is C14H15N3O3S. The fourth-order valence-corrected chi connectivity index (χ4v) is 2.33. The van der Waals surface area contributed by atoms with Crippen LogP contribution in [0.1, 0.15) is 16.8 Å². The number of carbonyl (C=O) groups is 1. The van der Waals surface area contributed by atoms with Gasteiger partial charge >= 0.3 is 5.97 Å². The first-order valence-corrected chi connectivity index (χ1v) is 7.08. The Kier molecular flexibility index (Phi) is 4.89. The number of benzene rings is 1. The number of oxime groups is 1. The topological polar surface area (TPSA) is 83.8 Å². The van der Waals surface area contributed by atoms with Gasteiger partial charge in [-0.3, -0.25) is 0 Å². The van der Waals surface area contributed by atoms with Crippen LogP contribution in [-0.4, -0.2) is 28.9 Å². The average Bonchev–Trinajstić information content (AvgIpc) is 2.92. The Labute approximate surface area is 126 Å². The Morgan fingerprint density at radius 3 is 2.76 bits per heavy atom. The van der Waals surface area contributed by atoms with Gasteiger partial charge in [-0.2, -0.15) is 0 Å².